The lowest BCUT2D eigenvalue weighted by Crippen LogP contribution is -2.24. The molecule has 0 amide bonds. The van der Waals surface area contributed by atoms with Crippen LogP contribution in [0.5, 0.6) is 0 Å². The Bertz CT molecular complexity index is 450. The van der Waals surface area contributed by atoms with E-state index < -0.39 is 0 Å². The van der Waals surface area contributed by atoms with Gasteiger partial charge in [0.1, 0.15) is 4.71 Å². The van der Waals surface area contributed by atoms with E-state index in [0.717, 1.165) is 10.6 Å². The van der Waals surface area contributed by atoms with E-state index in [2.05, 4.69) is 19.2 Å². The van der Waals surface area contributed by atoms with Crippen molar-refractivity contribution in [2.24, 2.45) is 0 Å². The Kier molecular flexibility index (Phi) is 3.11. The molecule has 1 atom stereocenters. The number of non-ortho nitro benzene ring substituents is 1. The molecule has 1 aliphatic rings. The molecule has 0 saturated heterocycles. The van der Waals surface area contributed by atoms with Gasteiger partial charge in [-0.1, -0.05) is 17.8 Å². The van der Waals surface area contributed by atoms with Crippen molar-refractivity contribution in [3.63, 3.8) is 0 Å². The fourth-order valence-corrected chi connectivity index (χ4v) is 3.12. The molecule has 1 unspecified atom stereocenters. The molecule has 0 N–H and O–H groups in total. The molecule has 0 radical (unpaired) electrons. The van der Waals surface area contributed by atoms with Crippen LogP contribution in [-0.2, 0) is 0 Å². The standard InChI is InChI=1S/C10H10N2O2S2/c1-2-5-11-8-6-7(12(13)14)3-4-9(8)16-10(11)15/h2-4,6,10,15H,1,5H2. The van der Waals surface area contributed by atoms with Crippen LogP contribution in [0.3, 0.4) is 0 Å². The van der Waals surface area contributed by atoms with E-state index in [1.54, 1.807) is 30.0 Å². The van der Waals surface area contributed by atoms with Crippen molar-refractivity contribution in [3.8, 4) is 0 Å². The van der Waals surface area contributed by atoms with Crippen molar-refractivity contribution in [2.45, 2.75) is 9.60 Å². The van der Waals surface area contributed by atoms with Crippen LogP contribution >= 0.6 is 24.4 Å². The summed E-state index contributed by atoms with van der Waals surface area (Å²) < 4.78 is -0.00463. The molecule has 2 rings (SSSR count). The Morgan fingerprint density at radius 2 is 2.44 bits per heavy atom. The predicted molar refractivity (Wildman–Crippen MR) is 69.3 cm³/mol. The summed E-state index contributed by atoms with van der Waals surface area (Å²) in [6.07, 6.45) is 1.76. The van der Waals surface area contributed by atoms with Gasteiger partial charge < -0.3 is 4.90 Å². The lowest BCUT2D eigenvalue weighted by Gasteiger charge is -2.20. The number of anilines is 1. The van der Waals surface area contributed by atoms with E-state index in [0.29, 0.717) is 6.54 Å². The fraction of sp³-hybridized carbons (Fsp3) is 0.200. The first kappa shape index (κ1) is 11.3. The summed E-state index contributed by atoms with van der Waals surface area (Å²) in [6, 6.07) is 4.87. The highest BCUT2D eigenvalue weighted by molar-refractivity contribution is 8.11. The second-order valence-electron chi connectivity index (χ2n) is 3.29. The summed E-state index contributed by atoms with van der Waals surface area (Å²) in [5.74, 6) is 0. The molecular weight excluding hydrogens is 244 g/mol. The second kappa shape index (κ2) is 4.39. The van der Waals surface area contributed by atoms with E-state index in [-0.39, 0.29) is 15.3 Å². The minimum Gasteiger partial charge on any atom is -0.346 e. The number of thiol groups is 1. The van der Waals surface area contributed by atoms with Crippen LogP contribution in [0.1, 0.15) is 0 Å². The zero-order valence-electron chi connectivity index (χ0n) is 8.37. The first-order chi connectivity index (χ1) is 7.63. The number of nitrogens with zero attached hydrogens (tertiary/aromatic N) is 2. The summed E-state index contributed by atoms with van der Waals surface area (Å²) in [5, 5.41) is 10.7. The Balaban J connectivity index is 2.41. The summed E-state index contributed by atoms with van der Waals surface area (Å²) in [4.78, 5) is 13.3. The Hall–Kier alpha value is -1.14. The first-order valence-corrected chi connectivity index (χ1v) is 6.04. The zero-order chi connectivity index (χ0) is 11.7. The van der Waals surface area contributed by atoms with Crippen LogP contribution in [-0.4, -0.2) is 16.2 Å². The SMILES string of the molecule is C=CCN1c2cc([N+](=O)[O-])ccc2SC1S. The molecular formula is C10H10N2O2S2. The van der Waals surface area contributed by atoms with Gasteiger partial charge in [-0.05, 0) is 6.07 Å². The van der Waals surface area contributed by atoms with Crippen molar-refractivity contribution in [1.82, 2.24) is 0 Å². The van der Waals surface area contributed by atoms with Gasteiger partial charge in [-0.25, -0.2) is 0 Å². The molecule has 4 nitrogen and oxygen atoms in total. The minimum absolute atomic E-state index is 0.00463. The van der Waals surface area contributed by atoms with Crippen molar-refractivity contribution < 1.29 is 4.92 Å². The molecule has 0 aromatic heterocycles. The number of nitro groups is 1. The molecule has 0 bridgehead atoms. The molecule has 1 heterocycles. The van der Waals surface area contributed by atoms with Crippen molar-refractivity contribution >= 4 is 35.8 Å². The average Bonchev–Trinajstić information content (AvgIpc) is 2.55. The second-order valence-corrected chi connectivity index (χ2v) is 5.25. The third-order valence-corrected chi connectivity index (χ3v) is 3.95. The summed E-state index contributed by atoms with van der Waals surface area (Å²) in [5.41, 5.74) is 0.968. The molecule has 0 fully saturated rings. The first-order valence-electron chi connectivity index (χ1n) is 4.64. The van der Waals surface area contributed by atoms with Crippen LogP contribution < -0.4 is 4.90 Å². The molecule has 0 spiro atoms. The maximum atomic E-state index is 10.7. The molecule has 1 aromatic carbocycles. The topological polar surface area (TPSA) is 46.4 Å². The molecule has 84 valence electrons. The van der Waals surface area contributed by atoms with E-state index in [9.17, 15) is 10.1 Å². The molecule has 16 heavy (non-hydrogen) atoms. The quantitative estimate of drug-likeness (QED) is 0.390. The monoisotopic (exact) mass is 254 g/mol. The summed E-state index contributed by atoms with van der Waals surface area (Å²) in [6.45, 7) is 4.30. The van der Waals surface area contributed by atoms with E-state index in [4.69, 9.17) is 0 Å². The highest BCUT2D eigenvalue weighted by atomic mass is 32.2. The van der Waals surface area contributed by atoms with Gasteiger partial charge in [0.15, 0.2) is 0 Å². The number of benzene rings is 1. The van der Waals surface area contributed by atoms with Gasteiger partial charge in [0.2, 0.25) is 0 Å². The summed E-state index contributed by atoms with van der Waals surface area (Å²) >= 11 is 6.00. The third kappa shape index (κ3) is 1.90. The largest absolute Gasteiger partial charge is 0.346 e. The van der Waals surface area contributed by atoms with Crippen LogP contribution in [0.2, 0.25) is 0 Å². The molecule has 1 aromatic rings. The van der Waals surface area contributed by atoms with Crippen molar-refractivity contribution in [2.75, 3.05) is 11.4 Å². The fourth-order valence-electron chi connectivity index (χ4n) is 1.57. The van der Waals surface area contributed by atoms with Gasteiger partial charge in [-0.15, -0.1) is 19.2 Å². The van der Waals surface area contributed by atoms with E-state index in [1.165, 1.54) is 6.07 Å². The highest BCUT2D eigenvalue weighted by Crippen LogP contribution is 2.45. The Morgan fingerprint density at radius 1 is 1.69 bits per heavy atom. The van der Waals surface area contributed by atoms with Crippen molar-refractivity contribution in [1.29, 1.82) is 0 Å². The van der Waals surface area contributed by atoms with Gasteiger partial charge >= 0.3 is 0 Å². The number of rotatable bonds is 3. The lowest BCUT2D eigenvalue weighted by atomic mass is 10.2. The molecule has 6 heteroatoms. The number of thioether (sulfide) groups is 1. The van der Waals surface area contributed by atoms with Gasteiger partial charge in [-0.2, -0.15) is 0 Å². The van der Waals surface area contributed by atoms with Crippen LogP contribution in [0.4, 0.5) is 11.4 Å². The van der Waals surface area contributed by atoms with Gasteiger partial charge in [0, 0.05) is 23.6 Å². The predicted octanol–water partition coefficient (Wildman–Crippen LogP) is 2.91. The van der Waals surface area contributed by atoms with Gasteiger partial charge in [0.05, 0.1) is 10.6 Å². The Labute approximate surface area is 103 Å². The smallest absolute Gasteiger partial charge is 0.271 e. The number of hydrogen-bond donors (Lipinski definition) is 1. The molecule has 0 aliphatic carbocycles. The Morgan fingerprint density at radius 3 is 3.06 bits per heavy atom. The minimum atomic E-state index is -0.386. The normalized spacial score (nSPS) is 18.3. The van der Waals surface area contributed by atoms with Gasteiger partial charge in [-0.3, -0.25) is 10.1 Å². The maximum Gasteiger partial charge on any atom is 0.271 e. The average molecular weight is 254 g/mol. The highest BCUT2D eigenvalue weighted by Gasteiger charge is 2.28. The number of hydrogen-bond acceptors (Lipinski definition) is 5. The van der Waals surface area contributed by atoms with Crippen LogP contribution in [0.15, 0.2) is 35.7 Å². The lowest BCUT2D eigenvalue weighted by molar-refractivity contribution is -0.384. The van der Waals surface area contributed by atoms with E-state index in [1.807, 2.05) is 4.90 Å². The van der Waals surface area contributed by atoms with E-state index >= 15 is 0 Å². The van der Waals surface area contributed by atoms with Gasteiger partial charge in [0.25, 0.3) is 5.69 Å². The van der Waals surface area contributed by atoms with Crippen LogP contribution in [0.25, 0.3) is 0 Å². The number of fused-ring (bicyclic) bond motifs is 1. The molecule has 0 saturated carbocycles. The third-order valence-electron chi connectivity index (χ3n) is 2.29. The summed E-state index contributed by atoms with van der Waals surface area (Å²) in [7, 11) is 0. The molecule has 1 aliphatic heterocycles. The maximum absolute atomic E-state index is 10.7. The number of nitro benzene ring substituents is 1. The van der Waals surface area contributed by atoms with Crippen molar-refractivity contribution in [3.05, 3.63) is 41.0 Å². The zero-order valence-corrected chi connectivity index (χ0v) is 10.1. The van der Waals surface area contributed by atoms with Crippen LogP contribution in [0, 0.1) is 10.1 Å².